The van der Waals surface area contributed by atoms with Crippen molar-refractivity contribution in [3.05, 3.63) is 30.3 Å². The average Bonchev–Trinajstić information content (AvgIpc) is 2.38. The van der Waals surface area contributed by atoms with Crippen LogP contribution in [-0.2, 0) is 30.9 Å². The molecule has 2 aromatic rings. The van der Waals surface area contributed by atoms with Crippen molar-refractivity contribution in [3.8, 4) is 0 Å². The van der Waals surface area contributed by atoms with Gasteiger partial charge < -0.3 is 0 Å². The summed E-state index contributed by atoms with van der Waals surface area (Å²) in [6.45, 7) is 0. The Bertz CT molecular complexity index is 1140. The Hall–Kier alpha value is -2.17. The van der Waals surface area contributed by atoms with Crippen LogP contribution in [0.15, 0.2) is 30.3 Å². The van der Waals surface area contributed by atoms with Crippen molar-refractivity contribution in [1.29, 1.82) is 0 Å². The van der Waals surface area contributed by atoms with Crippen LogP contribution < -0.4 is 14.2 Å². The van der Waals surface area contributed by atoms with Crippen molar-refractivity contribution in [2.45, 2.75) is 0 Å². The van der Waals surface area contributed by atoms with Gasteiger partial charge in [0.1, 0.15) is 0 Å². The van der Waals surface area contributed by atoms with Crippen molar-refractivity contribution < 1.29 is 38.9 Å². The predicted molar refractivity (Wildman–Crippen MR) is 89.5 cm³/mol. The van der Waals surface area contributed by atoms with Crippen molar-refractivity contribution >= 4 is 58.7 Å². The van der Waals surface area contributed by atoms with E-state index in [-0.39, 0.29) is 10.8 Å². The van der Waals surface area contributed by atoms with Gasteiger partial charge in [-0.25, -0.2) is 0 Å². The van der Waals surface area contributed by atoms with Crippen molar-refractivity contribution in [1.82, 2.24) is 0 Å². The van der Waals surface area contributed by atoms with Crippen LogP contribution in [0.25, 0.3) is 10.8 Å². The van der Waals surface area contributed by atoms with Gasteiger partial charge in [-0.3, -0.25) is 27.8 Å². The van der Waals surface area contributed by atoms with Crippen LogP contribution in [0.4, 0.5) is 17.1 Å². The zero-order valence-electron chi connectivity index (χ0n) is 11.9. The van der Waals surface area contributed by atoms with E-state index in [2.05, 4.69) is 0 Å². The van der Waals surface area contributed by atoms with E-state index in [0.29, 0.717) is 0 Å². The van der Waals surface area contributed by atoms with Crippen LogP contribution in [0.3, 0.4) is 0 Å². The third-order valence-electron chi connectivity index (χ3n) is 2.75. The molecule has 2 aromatic carbocycles. The summed E-state index contributed by atoms with van der Waals surface area (Å²) < 4.78 is 98.4. The van der Waals surface area contributed by atoms with Crippen LogP contribution in [-0.4, -0.2) is 38.9 Å². The fourth-order valence-corrected chi connectivity index (χ4v) is 3.42. The second kappa shape index (κ2) is 6.28. The summed E-state index contributed by atoms with van der Waals surface area (Å²) in [5, 5.41) is 0.257. The number of fused-ring (bicyclic) bond motifs is 1. The van der Waals surface area contributed by atoms with Gasteiger partial charge in [0.05, 0.1) is 17.1 Å². The van der Waals surface area contributed by atoms with E-state index >= 15 is 0 Å². The van der Waals surface area contributed by atoms with Gasteiger partial charge in [-0.2, -0.15) is 25.3 Å². The molecule has 0 saturated carbocycles. The molecule has 0 saturated heterocycles. The molecule has 0 amide bonds. The Balaban J connectivity index is 2.91. The number of anilines is 3. The quantitative estimate of drug-likeness (QED) is 0.364. The number of rotatable bonds is 6. The molecule has 0 aliphatic carbocycles. The number of nitrogens with one attached hydrogen (secondary N) is 3. The maximum Gasteiger partial charge on any atom is 0.357 e. The van der Waals surface area contributed by atoms with E-state index in [9.17, 15) is 25.3 Å². The van der Waals surface area contributed by atoms with Gasteiger partial charge in [0.15, 0.2) is 0 Å². The molecule has 12 nitrogen and oxygen atoms in total. The van der Waals surface area contributed by atoms with Crippen LogP contribution in [0.1, 0.15) is 0 Å². The van der Waals surface area contributed by atoms with Gasteiger partial charge in [0.2, 0.25) is 0 Å². The van der Waals surface area contributed by atoms with E-state index in [0.717, 1.165) is 6.07 Å². The van der Waals surface area contributed by atoms with Crippen molar-refractivity contribution in [3.63, 3.8) is 0 Å². The first-order valence-corrected chi connectivity index (χ1v) is 10.4. The van der Waals surface area contributed by atoms with Crippen molar-refractivity contribution in [2.75, 3.05) is 14.2 Å². The molecule has 6 N–H and O–H groups in total. The molecule has 138 valence electrons. The second-order valence-electron chi connectivity index (χ2n) is 4.63. The highest BCUT2D eigenvalue weighted by Gasteiger charge is 2.22. The molecule has 0 bridgehead atoms. The third kappa shape index (κ3) is 5.41. The highest BCUT2D eigenvalue weighted by Crippen LogP contribution is 2.39. The van der Waals surface area contributed by atoms with E-state index < -0.39 is 48.0 Å². The normalized spacial score (nSPS) is 12.8. The average molecular weight is 413 g/mol. The molecule has 0 radical (unpaired) electrons. The smallest absolute Gasteiger partial charge is 0.269 e. The molecule has 0 unspecified atom stereocenters. The highest BCUT2D eigenvalue weighted by atomic mass is 32.2. The van der Waals surface area contributed by atoms with Gasteiger partial charge in [0.25, 0.3) is 0 Å². The van der Waals surface area contributed by atoms with Gasteiger partial charge in [-0.05, 0) is 11.5 Å². The first kappa shape index (κ1) is 19.2. The van der Waals surface area contributed by atoms with Crippen LogP contribution in [0.5, 0.6) is 0 Å². The Labute approximate surface area is 142 Å². The first-order valence-electron chi connectivity index (χ1n) is 6.06. The molecular formula is C10H11N3O9S3. The van der Waals surface area contributed by atoms with Gasteiger partial charge in [0, 0.05) is 5.39 Å². The summed E-state index contributed by atoms with van der Waals surface area (Å²) in [6, 6.07) is 6.76. The zero-order chi connectivity index (χ0) is 19.0. The fraction of sp³-hybridized carbons (Fsp3) is 0. The minimum Gasteiger partial charge on any atom is -0.269 e. The molecule has 0 aliphatic heterocycles. The molecule has 0 heterocycles. The SMILES string of the molecule is O=S(=O)(O)Nc1cc2ccccc2c(NS(=O)(=O)O)c1NS(=O)(=O)O. The molecular weight excluding hydrogens is 402 g/mol. The largest absolute Gasteiger partial charge is 0.357 e. The minimum atomic E-state index is -4.98. The Morgan fingerprint density at radius 2 is 1.16 bits per heavy atom. The van der Waals surface area contributed by atoms with Crippen LogP contribution >= 0.6 is 0 Å². The topological polar surface area (TPSA) is 199 Å². The summed E-state index contributed by atoms with van der Waals surface area (Å²) in [6.07, 6.45) is 0. The molecule has 0 spiro atoms. The van der Waals surface area contributed by atoms with E-state index in [1.54, 1.807) is 9.44 Å². The molecule has 0 atom stereocenters. The fourth-order valence-electron chi connectivity index (χ4n) is 2.04. The summed E-state index contributed by atoms with van der Waals surface area (Å²) in [5.41, 5.74) is -1.99. The van der Waals surface area contributed by atoms with Crippen LogP contribution in [0, 0.1) is 0 Å². The summed E-state index contributed by atoms with van der Waals surface area (Å²) in [7, 11) is -14.8. The summed E-state index contributed by atoms with van der Waals surface area (Å²) in [4.78, 5) is 0. The molecule has 25 heavy (non-hydrogen) atoms. The highest BCUT2D eigenvalue weighted by molar-refractivity contribution is 7.88. The Morgan fingerprint density at radius 1 is 0.680 bits per heavy atom. The predicted octanol–water partition coefficient (Wildman–Crippen LogP) is 0.484. The van der Waals surface area contributed by atoms with E-state index in [4.69, 9.17) is 13.7 Å². The number of hydrogen-bond donors (Lipinski definition) is 6. The lowest BCUT2D eigenvalue weighted by molar-refractivity contribution is 0.486. The zero-order valence-corrected chi connectivity index (χ0v) is 14.4. The lowest BCUT2D eigenvalue weighted by Gasteiger charge is -2.18. The maximum atomic E-state index is 11.2. The van der Waals surface area contributed by atoms with E-state index in [1.807, 2.05) is 0 Å². The monoisotopic (exact) mass is 413 g/mol. The lowest BCUT2D eigenvalue weighted by atomic mass is 10.1. The third-order valence-corrected chi connectivity index (χ3v) is 4.15. The number of hydrogen-bond acceptors (Lipinski definition) is 6. The van der Waals surface area contributed by atoms with Gasteiger partial charge in [-0.1, -0.05) is 24.3 Å². The molecule has 0 aliphatic rings. The second-order valence-corrected chi connectivity index (χ2v) is 8.09. The van der Waals surface area contributed by atoms with E-state index in [1.165, 1.54) is 29.0 Å². The molecule has 0 aromatic heterocycles. The minimum absolute atomic E-state index is 0.0483. The van der Waals surface area contributed by atoms with Gasteiger partial charge in [-0.15, -0.1) is 0 Å². The van der Waals surface area contributed by atoms with Crippen molar-refractivity contribution in [2.24, 2.45) is 0 Å². The Morgan fingerprint density at radius 3 is 1.68 bits per heavy atom. The first-order chi connectivity index (χ1) is 11.3. The number of benzene rings is 2. The maximum absolute atomic E-state index is 11.2. The lowest BCUT2D eigenvalue weighted by Crippen LogP contribution is -2.19. The Kier molecular flexibility index (Phi) is 4.81. The standard InChI is InChI=1S/C10H11N3O9S3/c14-23(15,16)11-8-5-6-3-1-2-4-7(6)9(12-24(17,18)19)10(8)13-25(20,21)22/h1-5,11-13H,(H,14,15,16)(H,17,18,19)(H,20,21,22). The van der Waals surface area contributed by atoms with Crippen LogP contribution in [0.2, 0.25) is 0 Å². The molecule has 2 rings (SSSR count). The summed E-state index contributed by atoms with van der Waals surface area (Å²) in [5.74, 6) is 0. The molecule has 0 fully saturated rings. The summed E-state index contributed by atoms with van der Waals surface area (Å²) >= 11 is 0. The molecule has 15 heteroatoms. The van der Waals surface area contributed by atoms with Gasteiger partial charge >= 0.3 is 30.9 Å².